The summed E-state index contributed by atoms with van der Waals surface area (Å²) < 4.78 is 6.68. The number of benzene rings is 2. The minimum Gasteiger partial charge on any atom is -0.456 e. The van der Waals surface area contributed by atoms with Gasteiger partial charge in [-0.1, -0.05) is 36.4 Å². The number of Topliss-reactive ketones (excluding diaryl/α,β-unsaturated/α-hetero) is 1. The van der Waals surface area contributed by atoms with Gasteiger partial charge in [0, 0.05) is 12.0 Å². The number of tetrazole rings is 1. The van der Waals surface area contributed by atoms with Crippen LogP contribution < -0.4 is 0 Å². The molecular formula is C21H22N4O3. The first kappa shape index (κ1) is 19.4. The van der Waals surface area contributed by atoms with Gasteiger partial charge >= 0.3 is 5.97 Å². The number of carbonyl (C=O) groups excluding carboxylic acids is 2. The van der Waals surface area contributed by atoms with Crippen molar-refractivity contribution in [3.63, 3.8) is 0 Å². The van der Waals surface area contributed by atoms with E-state index in [1.807, 2.05) is 63.2 Å². The predicted molar refractivity (Wildman–Crippen MR) is 103 cm³/mol. The summed E-state index contributed by atoms with van der Waals surface area (Å²) in [5.41, 5.74) is 4.52. The second-order valence-corrected chi connectivity index (χ2v) is 6.78. The van der Waals surface area contributed by atoms with Crippen LogP contribution in [0.1, 0.15) is 38.7 Å². The average molecular weight is 378 g/mol. The number of aromatic nitrogens is 4. The van der Waals surface area contributed by atoms with Crippen LogP contribution >= 0.6 is 0 Å². The summed E-state index contributed by atoms with van der Waals surface area (Å²) in [5.74, 6) is -0.782. The highest BCUT2D eigenvalue weighted by Crippen LogP contribution is 2.18. The lowest BCUT2D eigenvalue weighted by atomic mass is 9.98. The number of ether oxygens (including phenoxy) is 1. The zero-order chi connectivity index (χ0) is 20.1. The molecule has 3 aromatic rings. The van der Waals surface area contributed by atoms with Gasteiger partial charge in [-0.15, -0.1) is 5.10 Å². The molecule has 3 rings (SSSR count). The van der Waals surface area contributed by atoms with E-state index in [4.69, 9.17) is 4.74 Å². The van der Waals surface area contributed by atoms with Crippen molar-refractivity contribution in [1.82, 2.24) is 20.2 Å². The first-order valence-electron chi connectivity index (χ1n) is 9.00. The molecule has 2 aromatic carbocycles. The van der Waals surface area contributed by atoms with Crippen LogP contribution in [0.15, 0.2) is 48.8 Å². The Kier molecular flexibility index (Phi) is 5.93. The molecule has 1 heterocycles. The SMILES string of the molecule is Cc1cc(C)c(C(=O)COC(=O)[C@@H](Cc2ccccc2)n2cnnn2)cc1C. The Labute approximate surface area is 163 Å². The Morgan fingerprint density at radius 3 is 2.43 bits per heavy atom. The monoisotopic (exact) mass is 378 g/mol. The summed E-state index contributed by atoms with van der Waals surface area (Å²) >= 11 is 0. The van der Waals surface area contributed by atoms with Crippen LogP contribution in [-0.4, -0.2) is 38.6 Å². The highest BCUT2D eigenvalue weighted by Gasteiger charge is 2.25. The molecule has 7 nitrogen and oxygen atoms in total. The van der Waals surface area contributed by atoms with E-state index in [0.29, 0.717) is 12.0 Å². The molecule has 0 N–H and O–H groups in total. The number of carbonyl (C=O) groups is 2. The third-order valence-corrected chi connectivity index (χ3v) is 4.71. The molecule has 144 valence electrons. The van der Waals surface area contributed by atoms with E-state index < -0.39 is 12.0 Å². The molecule has 0 aliphatic rings. The quantitative estimate of drug-likeness (QED) is 0.464. The van der Waals surface area contributed by atoms with E-state index in [2.05, 4.69) is 15.5 Å². The average Bonchev–Trinajstić information content (AvgIpc) is 3.22. The Hall–Kier alpha value is -3.35. The van der Waals surface area contributed by atoms with E-state index in [-0.39, 0.29) is 12.4 Å². The molecule has 0 saturated heterocycles. The molecule has 0 fully saturated rings. The number of esters is 1. The van der Waals surface area contributed by atoms with E-state index in [1.54, 1.807) is 0 Å². The third kappa shape index (κ3) is 4.49. The van der Waals surface area contributed by atoms with Gasteiger partial charge in [-0.2, -0.15) is 0 Å². The molecule has 0 radical (unpaired) electrons. The molecule has 7 heteroatoms. The molecule has 0 aliphatic carbocycles. The van der Waals surface area contributed by atoms with Gasteiger partial charge in [0.05, 0.1) is 0 Å². The molecule has 1 aromatic heterocycles. The van der Waals surface area contributed by atoms with Gasteiger partial charge in [-0.3, -0.25) is 4.79 Å². The van der Waals surface area contributed by atoms with Crippen molar-refractivity contribution >= 4 is 11.8 Å². The van der Waals surface area contributed by atoms with Gasteiger partial charge in [0.15, 0.2) is 12.6 Å². The molecule has 0 unspecified atom stereocenters. The summed E-state index contributed by atoms with van der Waals surface area (Å²) in [7, 11) is 0. The highest BCUT2D eigenvalue weighted by molar-refractivity contribution is 5.99. The Morgan fingerprint density at radius 1 is 1.04 bits per heavy atom. The number of hydrogen-bond donors (Lipinski definition) is 0. The van der Waals surface area contributed by atoms with E-state index in [9.17, 15) is 9.59 Å². The van der Waals surface area contributed by atoms with Gasteiger partial charge in [0.1, 0.15) is 6.33 Å². The standard InChI is InChI=1S/C21H22N4O3/c1-14-9-16(3)18(10-15(14)2)20(26)12-28-21(27)19(25-13-22-23-24-25)11-17-7-5-4-6-8-17/h4-10,13,19H,11-12H2,1-3H3/t19-/m1/s1. The lowest BCUT2D eigenvalue weighted by Crippen LogP contribution is -2.27. The predicted octanol–water partition coefficient (Wildman–Crippen LogP) is 2.81. The van der Waals surface area contributed by atoms with Crippen molar-refractivity contribution < 1.29 is 14.3 Å². The zero-order valence-electron chi connectivity index (χ0n) is 16.1. The van der Waals surface area contributed by atoms with Crippen molar-refractivity contribution in [3.05, 3.63) is 76.6 Å². The fourth-order valence-corrected chi connectivity index (χ4v) is 3.00. The van der Waals surface area contributed by atoms with E-state index >= 15 is 0 Å². The summed E-state index contributed by atoms with van der Waals surface area (Å²) in [6, 6.07) is 12.6. The normalized spacial score (nSPS) is 11.8. The zero-order valence-corrected chi connectivity index (χ0v) is 16.1. The molecule has 0 amide bonds. The Morgan fingerprint density at radius 2 is 1.75 bits per heavy atom. The molecule has 0 spiro atoms. The largest absolute Gasteiger partial charge is 0.456 e. The number of aryl methyl sites for hydroxylation is 3. The molecular weight excluding hydrogens is 356 g/mol. The van der Waals surface area contributed by atoms with Crippen LogP contribution in [0.2, 0.25) is 0 Å². The first-order chi connectivity index (χ1) is 13.5. The topological polar surface area (TPSA) is 87.0 Å². The maximum absolute atomic E-state index is 12.7. The highest BCUT2D eigenvalue weighted by atomic mass is 16.5. The van der Waals surface area contributed by atoms with E-state index in [0.717, 1.165) is 22.3 Å². The number of hydrogen-bond acceptors (Lipinski definition) is 6. The van der Waals surface area contributed by atoms with Crippen molar-refractivity contribution in [2.45, 2.75) is 33.2 Å². The van der Waals surface area contributed by atoms with Gasteiger partial charge in [0.2, 0.25) is 5.78 Å². The van der Waals surface area contributed by atoms with Crippen LogP contribution in [0.3, 0.4) is 0 Å². The fraction of sp³-hybridized carbons (Fsp3) is 0.286. The molecule has 28 heavy (non-hydrogen) atoms. The Bertz CT molecular complexity index is 969. The van der Waals surface area contributed by atoms with Gasteiger partial charge in [-0.05, 0) is 59.5 Å². The smallest absolute Gasteiger partial charge is 0.331 e. The molecule has 0 saturated carbocycles. The van der Waals surface area contributed by atoms with Gasteiger partial charge < -0.3 is 4.74 Å². The van der Waals surface area contributed by atoms with Crippen LogP contribution in [0.5, 0.6) is 0 Å². The number of ketones is 1. The lowest BCUT2D eigenvalue weighted by Gasteiger charge is -2.16. The second-order valence-electron chi connectivity index (χ2n) is 6.78. The summed E-state index contributed by atoms with van der Waals surface area (Å²) in [5, 5.41) is 11.0. The summed E-state index contributed by atoms with van der Waals surface area (Å²) in [6.07, 6.45) is 1.73. The fourth-order valence-electron chi connectivity index (χ4n) is 3.00. The number of nitrogens with zero attached hydrogens (tertiary/aromatic N) is 4. The third-order valence-electron chi connectivity index (χ3n) is 4.71. The first-order valence-corrected chi connectivity index (χ1v) is 9.00. The molecule has 1 atom stereocenters. The summed E-state index contributed by atoms with van der Waals surface area (Å²) in [6.45, 7) is 5.50. The van der Waals surface area contributed by atoms with E-state index in [1.165, 1.54) is 11.0 Å². The van der Waals surface area contributed by atoms with Crippen molar-refractivity contribution in [2.75, 3.05) is 6.61 Å². The molecule has 0 bridgehead atoms. The molecule has 0 aliphatic heterocycles. The lowest BCUT2D eigenvalue weighted by molar-refractivity contribution is -0.146. The summed E-state index contributed by atoms with van der Waals surface area (Å²) in [4.78, 5) is 25.3. The number of rotatable bonds is 7. The van der Waals surface area contributed by atoms with Crippen LogP contribution in [-0.2, 0) is 16.0 Å². The minimum atomic E-state index is -0.744. The van der Waals surface area contributed by atoms with Crippen LogP contribution in [0, 0.1) is 20.8 Å². The Balaban J connectivity index is 1.72. The van der Waals surface area contributed by atoms with Crippen molar-refractivity contribution in [3.8, 4) is 0 Å². The van der Waals surface area contributed by atoms with Crippen LogP contribution in [0.25, 0.3) is 0 Å². The second kappa shape index (κ2) is 8.56. The maximum atomic E-state index is 12.7. The van der Waals surface area contributed by atoms with Gasteiger partial charge in [0.25, 0.3) is 0 Å². The maximum Gasteiger partial charge on any atom is 0.331 e. The van der Waals surface area contributed by atoms with Crippen molar-refractivity contribution in [2.24, 2.45) is 0 Å². The minimum absolute atomic E-state index is 0.232. The van der Waals surface area contributed by atoms with Gasteiger partial charge in [-0.25, -0.2) is 9.48 Å². The van der Waals surface area contributed by atoms with Crippen LogP contribution in [0.4, 0.5) is 0 Å². The van der Waals surface area contributed by atoms with Crippen molar-refractivity contribution in [1.29, 1.82) is 0 Å².